The molecule has 0 atom stereocenters. The van der Waals surface area contributed by atoms with Gasteiger partial charge < -0.3 is 9.47 Å². The van der Waals surface area contributed by atoms with Gasteiger partial charge in [0.05, 0.1) is 18.6 Å². The lowest BCUT2D eigenvalue weighted by atomic mass is 9.93. The molecule has 6 nitrogen and oxygen atoms in total. The van der Waals surface area contributed by atoms with E-state index in [9.17, 15) is 13.2 Å². The number of nitrogens with two attached hydrogens (primary N) is 1. The third kappa shape index (κ3) is 5.35. The Kier molecular flexibility index (Phi) is 5.36. The molecule has 0 heterocycles. The highest BCUT2D eigenvalue weighted by Gasteiger charge is 2.19. The van der Waals surface area contributed by atoms with Crippen molar-refractivity contribution in [2.45, 2.75) is 32.1 Å². The molecule has 0 aromatic heterocycles. The Labute approximate surface area is 125 Å². The first-order chi connectivity index (χ1) is 9.54. The van der Waals surface area contributed by atoms with Crippen LogP contribution in [0.2, 0.25) is 0 Å². The van der Waals surface area contributed by atoms with Crippen LogP contribution in [0.5, 0.6) is 5.75 Å². The summed E-state index contributed by atoms with van der Waals surface area (Å²) >= 11 is 0. The average molecular weight is 315 g/mol. The van der Waals surface area contributed by atoms with Gasteiger partial charge in [-0.25, -0.2) is 18.4 Å². The highest BCUT2D eigenvalue weighted by atomic mass is 32.2. The third-order valence-electron chi connectivity index (χ3n) is 2.80. The van der Waals surface area contributed by atoms with Gasteiger partial charge >= 0.3 is 5.97 Å². The zero-order chi connectivity index (χ0) is 16.3. The van der Waals surface area contributed by atoms with E-state index >= 15 is 0 Å². The predicted molar refractivity (Wildman–Crippen MR) is 78.7 cm³/mol. The van der Waals surface area contributed by atoms with Crippen molar-refractivity contribution in [1.29, 1.82) is 0 Å². The second-order valence-electron chi connectivity index (χ2n) is 5.85. The van der Waals surface area contributed by atoms with Crippen molar-refractivity contribution in [3.63, 3.8) is 0 Å². The predicted octanol–water partition coefficient (Wildman–Crippen LogP) is 1.94. The van der Waals surface area contributed by atoms with Gasteiger partial charge in [-0.3, -0.25) is 0 Å². The van der Waals surface area contributed by atoms with Crippen LogP contribution in [-0.4, -0.2) is 28.1 Å². The molecule has 0 bridgehead atoms. The van der Waals surface area contributed by atoms with E-state index in [2.05, 4.69) is 0 Å². The zero-order valence-electron chi connectivity index (χ0n) is 12.7. The third-order valence-corrected chi connectivity index (χ3v) is 3.72. The summed E-state index contributed by atoms with van der Waals surface area (Å²) in [5.74, 6) is -0.398. The molecule has 0 fully saturated rings. The Hall–Kier alpha value is -1.60. The molecule has 7 heteroatoms. The van der Waals surface area contributed by atoms with Crippen LogP contribution in [0.3, 0.4) is 0 Å². The molecule has 2 N–H and O–H groups in total. The van der Waals surface area contributed by atoms with Gasteiger partial charge in [0.2, 0.25) is 10.0 Å². The maximum absolute atomic E-state index is 12.1. The summed E-state index contributed by atoms with van der Waals surface area (Å²) in [6, 6.07) is 3.81. The van der Waals surface area contributed by atoms with E-state index in [4.69, 9.17) is 14.6 Å². The normalized spacial score (nSPS) is 12.0. The minimum atomic E-state index is -3.89. The summed E-state index contributed by atoms with van der Waals surface area (Å²) < 4.78 is 32.9. The van der Waals surface area contributed by atoms with Gasteiger partial charge in [-0.1, -0.05) is 20.8 Å². The standard InChI is InChI=1S/C14H21NO5S/c1-14(2,3)7-8-20-13(16)11-9-10(21(15,17)18)5-6-12(11)19-4/h5-6,9H,7-8H2,1-4H3,(H2,15,17,18). The Bertz CT molecular complexity index is 617. The van der Waals surface area contributed by atoms with E-state index in [0.29, 0.717) is 6.42 Å². The van der Waals surface area contributed by atoms with Crippen molar-refractivity contribution < 1.29 is 22.7 Å². The molecule has 0 aliphatic heterocycles. The van der Waals surface area contributed by atoms with E-state index in [1.165, 1.54) is 19.2 Å². The first-order valence-corrected chi connectivity index (χ1v) is 7.97. The summed E-state index contributed by atoms with van der Waals surface area (Å²) in [6.07, 6.45) is 0.690. The monoisotopic (exact) mass is 315 g/mol. The fourth-order valence-electron chi connectivity index (χ4n) is 1.55. The number of hydrogen-bond acceptors (Lipinski definition) is 5. The number of carbonyl (C=O) groups is 1. The summed E-state index contributed by atoms with van der Waals surface area (Å²) in [5, 5.41) is 5.05. The van der Waals surface area contributed by atoms with Gasteiger partial charge in [-0.05, 0) is 30.0 Å². The maximum atomic E-state index is 12.1. The first-order valence-electron chi connectivity index (χ1n) is 6.42. The quantitative estimate of drug-likeness (QED) is 0.838. The van der Waals surface area contributed by atoms with Gasteiger partial charge in [-0.15, -0.1) is 0 Å². The van der Waals surface area contributed by atoms with Crippen molar-refractivity contribution in [3.8, 4) is 5.75 Å². The van der Waals surface area contributed by atoms with Gasteiger partial charge in [0, 0.05) is 0 Å². The lowest BCUT2D eigenvalue weighted by Gasteiger charge is -2.18. The molecule has 0 spiro atoms. The van der Waals surface area contributed by atoms with Crippen LogP contribution >= 0.6 is 0 Å². The van der Waals surface area contributed by atoms with Gasteiger partial charge in [-0.2, -0.15) is 0 Å². The van der Waals surface area contributed by atoms with Crippen molar-refractivity contribution in [3.05, 3.63) is 23.8 Å². The van der Waals surface area contributed by atoms with Crippen molar-refractivity contribution in [2.75, 3.05) is 13.7 Å². The maximum Gasteiger partial charge on any atom is 0.341 e. The second kappa shape index (κ2) is 6.44. The molecule has 21 heavy (non-hydrogen) atoms. The molecular weight excluding hydrogens is 294 g/mol. The molecule has 1 rings (SSSR count). The number of rotatable bonds is 5. The fourth-order valence-corrected chi connectivity index (χ4v) is 2.09. The van der Waals surface area contributed by atoms with Crippen LogP contribution in [-0.2, 0) is 14.8 Å². The number of primary sulfonamides is 1. The number of esters is 1. The first kappa shape index (κ1) is 17.5. The number of ether oxygens (including phenoxy) is 2. The Morgan fingerprint density at radius 3 is 2.38 bits per heavy atom. The van der Waals surface area contributed by atoms with Crippen molar-refractivity contribution in [2.24, 2.45) is 10.6 Å². The van der Waals surface area contributed by atoms with Crippen LogP contribution in [0, 0.1) is 5.41 Å². The lowest BCUT2D eigenvalue weighted by molar-refractivity contribution is 0.0461. The zero-order valence-corrected chi connectivity index (χ0v) is 13.5. The number of carbonyl (C=O) groups excluding carboxylic acids is 1. The summed E-state index contributed by atoms with van der Waals surface area (Å²) in [7, 11) is -2.50. The van der Waals surface area contributed by atoms with Gasteiger partial charge in [0.1, 0.15) is 11.3 Å². The van der Waals surface area contributed by atoms with Crippen LogP contribution in [0.1, 0.15) is 37.6 Å². The van der Waals surface area contributed by atoms with Crippen molar-refractivity contribution >= 4 is 16.0 Å². The Morgan fingerprint density at radius 2 is 1.90 bits per heavy atom. The van der Waals surface area contributed by atoms with E-state index in [-0.39, 0.29) is 28.2 Å². The lowest BCUT2D eigenvalue weighted by Crippen LogP contribution is -2.16. The van der Waals surface area contributed by atoms with E-state index in [1.54, 1.807) is 0 Å². The Balaban J connectivity index is 2.96. The minimum absolute atomic E-state index is 0.0345. The molecule has 0 amide bonds. The largest absolute Gasteiger partial charge is 0.496 e. The second-order valence-corrected chi connectivity index (χ2v) is 7.42. The van der Waals surface area contributed by atoms with Gasteiger partial charge in [0.15, 0.2) is 0 Å². The number of methoxy groups -OCH3 is 1. The topological polar surface area (TPSA) is 95.7 Å². The molecule has 0 radical (unpaired) electrons. The molecule has 0 aliphatic rings. The smallest absolute Gasteiger partial charge is 0.341 e. The minimum Gasteiger partial charge on any atom is -0.496 e. The number of hydrogen-bond donors (Lipinski definition) is 1. The van der Waals surface area contributed by atoms with E-state index < -0.39 is 16.0 Å². The van der Waals surface area contributed by atoms with Crippen molar-refractivity contribution in [1.82, 2.24) is 0 Å². The molecule has 0 aliphatic carbocycles. The van der Waals surface area contributed by atoms with Crippen LogP contribution < -0.4 is 9.88 Å². The average Bonchev–Trinajstić information content (AvgIpc) is 2.35. The number of sulfonamides is 1. The molecule has 118 valence electrons. The summed E-state index contributed by atoms with van der Waals surface area (Å²) in [4.78, 5) is 11.9. The van der Waals surface area contributed by atoms with E-state index in [1.807, 2.05) is 20.8 Å². The molecule has 0 saturated carbocycles. The Morgan fingerprint density at radius 1 is 1.29 bits per heavy atom. The van der Waals surface area contributed by atoms with E-state index in [0.717, 1.165) is 6.07 Å². The summed E-state index contributed by atoms with van der Waals surface area (Å²) in [5.41, 5.74) is 0.0743. The molecule has 0 unspecified atom stereocenters. The highest BCUT2D eigenvalue weighted by molar-refractivity contribution is 7.89. The van der Waals surface area contributed by atoms with Crippen LogP contribution in [0.25, 0.3) is 0 Å². The summed E-state index contributed by atoms with van der Waals surface area (Å²) in [6.45, 7) is 6.33. The molecule has 1 aromatic rings. The van der Waals surface area contributed by atoms with Crippen LogP contribution in [0.4, 0.5) is 0 Å². The SMILES string of the molecule is COc1ccc(S(N)(=O)=O)cc1C(=O)OCCC(C)(C)C. The van der Waals surface area contributed by atoms with Crippen LogP contribution in [0.15, 0.2) is 23.1 Å². The fraction of sp³-hybridized carbons (Fsp3) is 0.500. The molecule has 0 saturated heterocycles. The highest BCUT2D eigenvalue weighted by Crippen LogP contribution is 2.24. The molecular formula is C14H21NO5S. The molecule has 1 aromatic carbocycles. The number of benzene rings is 1. The van der Waals surface area contributed by atoms with Gasteiger partial charge in [0.25, 0.3) is 0 Å².